The average Bonchev–Trinajstić information content (AvgIpc) is 2.55. The van der Waals surface area contributed by atoms with Gasteiger partial charge in [0.25, 0.3) is 0 Å². The maximum atomic E-state index is 3.36. The normalized spacial score (nSPS) is 8.61. The Morgan fingerprint density at radius 1 is 0.609 bits per heavy atom. The molecule has 0 amide bonds. The monoisotopic (exact) mass is 689 g/mol. The van der Waals surface area contributed by atoms with Crippen molar-refractivity contribution in [2.24, 2.45) is 0 Å². The summed E-state index contributed by atoms with van der Waals surface area (Å²) >= 11 is 7.39. The molecule has 0 spiro atoms. The van der Waals surface area contributed by atoms with E-state index in [4.69, 9.17) is 0 Å². The van der Waals surface area contributed by atoms with Crippen LogP contribution in [0.5, 0.6) is 0 Å². The van der Waals surface area contributed by atoms with Crippen molar-refractivity contribution in [3.05, 3.63) is 59.7 Å². The van der Waals surface area contributed by atoms with E-state index in [-0.39, 0.29) is 4.92 Å². The first-order chi connectivity index (χ1) is 11.0. The first-order valence-electron chi connectivity index (χ1n) is 7.65. The Morgan fingerprint density at radius 2 is 0.826 bits per heavy atom. The zero-order chi connectivity index (χ0) is 18.3. The fourth-order valence-corrected chi connectivity index (χ4v) is 1.44. The Hall–Kier alpha value is 1.01. The molecule has 1 N–H and O–H groups in total. The Kier molecular flexibility index (Phi) is 20.3. The molecular formula is C18H27I3NV. The van der Waals surface area contributed by atoms with Crippen LogP contribution in [0.1, 0.15) is 38.8 Å². The van der Waals surface area contributed by atoms with Gasteiger partial charge in [-0.2, -0.15) is 0 Å². The Labute approximate surface area is 180 Å². The molecule has 0 heterocycles. The summed E-state index contributed by atoms with van der Waals surface area (Å²) in [5, 5.41) is 3.36. The molecule has 0 aliphatic carbocycles. The van der Waals surface area contributed by atoms with E-state index in [1.165, 1.54) is 11.1 Å². The number of halogens is 3. The van der Waals surface area contributed by atoms with Crippen molar-refractivity contribution in [1.29, 1.82) is 0 Å². The molecule has 0 bridgehead atoms. The molecule has 0 saturated heterocycles. The third kappa shape index (κ3) is 16.2. The van der Waals surface area contributed by atoms with Crippen molar-refractivity contribution in [1.82, 2.24) is 0 Å². The third-order valence-electron chi connectivity index (χ3n) is 2.39. The number of benzene rings is 2. The van der Waals surface area contributed by atoms with Crippen molar-refractivity contribution >= 4 is 71.3 Å². The molecule has 0 fully saturated rings. The van der Waals surface area contributed by atoms with Crippen LogP contribution in [-0.4, -0.2) is 0 Å². The molecule has 0 unspecified atom stereocenters. The second-order valence-corrected chi connectivity index (χ2v) is 39.4. The summed E-state index contributed by atoms with van der Waals surface area (Å²) < 4.78 is 0. The Balaban J connectivity index is 0. The zero-order valence-corrected chi connectivity index (χ0v) is 22.6. The van der Waals surface area contributed by atoms with Crippen LogP contribution in [0, 0.1) is 13.8 Å². The van der Waals surface area contributed by atoms with Crippen LogP contribution in [0.3, 0.4) is 0 Å². The number of rotatable bonds is 2. The molecule has 23 heavy (non-hydrogen) atoms. The summed E-state index contributed by atoms with van der Waals surface area (Å²) in [5.74, 6) is 0. The first kappa shape index (κ1) is 26.2. The van der Waals surface area contributed by atoms with Crippen LogP contribution in [0.15, 0.2) is 48.5 Å². The van der Waals surface area contributed by atoms with Crippen molar-refractivity contribution < 1.29 is 4.92 Å². The van der Waals surface area contributed by atoms with Gasteiger partial charge < -0.3 is 5.32 Å². The molecule has 0 aromatic heterocycles. The molecule has 0 aliphatic rings. The van der Waals surface area contributed by atoms with Crippen LogP contribution in [0.4, 0.5) is 11.4 Å². The fourth-order valence-electron chi connectivity index (χ4n) is 1.44. The van der Waals surface area contributed by atoms with Gasteiger partial charge in [-0.15, -0.1) is 0 Å². The molecule has 2 aromatic carbocycles. The van der Waals surface area contributed by atoms with Gasteiger partial charge in [-0.05, 0) is 38.1 Å². The summed E-state index contributed by atoms with van der Waals surface area (Å²) in [4.78, 5) is -0.278. The van der Waals surface area contributed by atoms with E-state index in [0.29, 0.717) is 0 Å². The number of aryl methyl sites for hydroxylation is 2. The fraction of sp³-hybridized carbons (Fsp3) is 0.333. The van der Waals surface area contributed by atoms with Crippen molar-refractivity contribution in [2.45, 2.75) is 41.5 Å². The van der Waals surface area contributed by atoms with E-state index in [2.05, 4.69) is 128 Å². The zero-order valence-electron chi connectivity index (χ0n) is 14.7. The van der Waals surface area contributed by atoms with Gasteiger partial charge in [0.15, 0.2) is 0 Å². The van der Waals surface area contributed by atoms with Crippen LogP contribution < -0.4 is 5.32 Å². The molecule has 130 valence electrons. The molecule has 2 aromatic rings. The van der Waals surface area contributed by atoms with Crippen LogP contribution >= 0.6 is 59.9 Å². The molecule has 0 aliphatic heterocycles. The number of anilines is 2. The standard InChI is InChI=1S/C14H15N.2C2H6.3HI.V/c1-11-3-7-13(8-4-11)15-14-9-5-12(2)6-10-14;2*1-2;;;;/h3-10,15H,1-2H3;2*1-2H3;3*1H;/q;;;;;;+3/p-3. The van der Waals surface area contributed by atoms with Crippen LogP contribution in [-0.2, 0) is 4.92 Å². The average molecular weight is 689 g/mol. The van der Waals surface area contributed by atoms with Gasteiger partial charge in [-0.1, -0.05) is 63.1 Å². The molecule has 0 radical (unpaired) electrons. The van der Waals surface area contributed by atoms with Gasteiger partial charge in [0.05, 0.1) is 0 Å². The van der Waals surface area contributed by atoms with Gasteiger partial charge in [0, 0.05) is 11.4 Å². The van der Waals surface area contributed by atoms with E-state index in [0.717, 1.165) is 11.4 Å². The van der Waals surface area contributed by atoms with Gasteiger partial charge in [0.1, 0.15) is 0 Å². The van der Waals surface area contributed by atoms with Gasteiger partial charge >= 0.3 is 64.9 Å². The van der Waals surface area contributed by atoms with E-state index >= 15 is 0 Å². The molecule has 5 heteroatoms. The summed E-state index contributed by atoms with van der Waals surface area (Å²) in [6.07, 6.45) is 0. The predicted molar refractivity (Wildman–Crippen MR) is 130 cm³/mol. The summed E-state index contributed by atoms with van der Waals surface area (Å²) in [6, 6.07) is 16.8. The van der Waals surface area contributed by atoms with Gasteiger partial charge in [0.2, 0.25) is 0 Å². The van der Waals surface area contributed by atoms with E-state index in [1.54, 1.807) is 0 Å². The molecule has 2 rings (SSSR count). The Bertz CT molecular complexity index is 438. The molecule has 0 atom stereocenters. The minimum absolute atomic E-state index is 0.278. The maximum absolute atomic E-state index is 3.36. The molecule has 1 nitrogen and oxygen atoms in total. The quantitative estimate of drug-likeness (QED) is 0.311. The SMILES string of the molecule is CC.CC.Cc1ccc(Nc2ccc(C)cc2)cc1.[I][V]([I])[I]. The third-order valence-corrected chi connectivity index (χ3v) is 2.39. The van der Waals surface area contributed by atoms with Crippen molar-refractivity contribution in [3.8, 4) is 0 Å². The van der Waals surface area contributed by atoms with E-state index < -0.39 is 0 Å². The second-order valence-electron chi connectivity index (χ2n) is 4.05. The topological polar surface area (TPSA) is 12.0 Å². The summed E-state index contributed by atoms with van der Waals surface area (Å²) in [5.41, 5.74) is 4.82. The molecule has 0 saturated carbocycles. The van der Waals surface area contributed by atoms with Crippen molar-refractivity contribution in [3.63, 3.8) is 0 Å². The minimum atomic E-state index is -0.278. The molecular weight excluding hydrogens is 662 g/mol. The Morgan fingerprint density at radius 3 is 1.04 bits per heavy atom. The summed E-state index contributed by atoms with van der Waals surface area (Å²) in [7, 11) is 0. The number of hydrogen-bond acceptors (Lipinski definition) is 1. The predicted octanol–water partition coefficient (Wildman–Crippen LogP) is 8.75. The summed E-state index contributed by atoms with van der Waals surface area (Å²) in [6.45, 7) is 12.2. The van der Waals surface area contributed by atoms with E-state index in [9.17, 15) is 0 Å². The first-order valence-corrected chi connectivity index (χ1v) is 21.2. The van der Waals surface area contributed by atoms with Crippen LogP contribution in [0.2, 0.25) is 0 Å². The van der Waals surface area contributed by atoms with E-state index in [1.807, 2.05) is 27.7 Å². The second kappa shape index (κ2) is 17.8. The van der Waals surface area contributed by atoms with Crippen LogP contribution in [0.25, 0.3) is 0 Å². The number of nitrogens with one attached hydrogen (secondary N) is 1. The van der Waals surface area contributed by atoms with Gasteiger partial charge in [-0.3, -0.25) is 0 Å². The van der Waals surface area contributed by atoms with Gasteiger partial charge in [-0.25, -0.2) is 0 Å². The van der Waals surface area contributed by atoms with Crippen molar-refractivity contribution in [2.75, 3.05) is 5.32 Å². The number of hydrogen-bond donors (Lipinski definition) is 1.